The minimum Gasteiger partial charge on any atom is -0.214 e. The Morgan fingerprint density at radius 3 is 2.47 bits per heavy atom. The lowest BCUT2D eigenvalue weighted by Crippen LogP contribution is -2.01. The summed E-state index contributed by atoms with van der Waals surface area (Å²) in [5.74, 6) is -1.33. The fraction of sp³-hybridized carbons (Fsp3) is 0.111. The molecule has 0 aliphatic heterocycles. The molecule has 1 heterocycles. The fourth-order valence-electron chi connectivity index (χ4n) is 1.18. The van der Waals surface area contributed by atoms with Gasteiger partial charge < -0.3 is 0 Å². The first kappa shape index (κ1) is 10.2. The topological polar surface area (TPSA) is 30.7 Å². The van der Waals surface area contributed by atoms with Crippen LogP contribution >= 0.6 is 15.9 Å². The summed E-state index contributed by atoms with van der Waals surface area (Å²) in [5, 5.41) is 7.85. The number of alkyl halides is 1. The van der Waals surface area contributed by atoms with Gasteiger partial charge in [-0.1, -0.05) is 27.2 Å². The van der Waals surface area contributed by atoms with Gasteiger partial charge in [0.15, 0.2) is 11.6 Å². The van der Waals surface area contributed by atoms with Crippen molar-refractivity contribution in [3.8, 4) is 5.69 Å². The van der Waals surface area contributed by atoms with Crippen LogP contribution in [0.25, 0.3) is 5.69 Å². The molecule has 0 amide bonds. The van der Waals surface area contributed by atoms with E-state index >= 15 is 0 Å². The third-order valence-electron chi connectivity index (χ3n) is 1.84. The summed E-state index contributed by atoms with van der Waals surface area (Å²) in [6.45, 7) is 0. The minimum absolute atomic E-state index is 0.211. The Labute approximate surface area is 92.8 Å². The van der Waals surface area contributed by atoms with Gasteiger partial charge in [0.1, 0.15) is 5.69 Å². The second-order valence-electron chi connectivity index (χ2n) is 2.86. The maximum Gasteiger partial charge on any atom is 0.151 e. The molecule has 0 radical (unpaired) electrons. The Hall–Kier alpha value is -1.30. The normalized spacial score (nSPS) is 10.6. The van der Waals surface area contributed by atoms with Gasteiger partial charge in [0.25, 0.3) is 0 Å². The Morgan fingerprint density at radius 2 is 1.93 bits per heavy atom. The fourth-order valence-corrected chi connectivity index (χ4v) is 1.43. The third kappa shape index (κ3) is 1.90. The number of aromatic nitrogens is 3. The summed E-state index contributed by atoms with van der Waals surface area (Å²) < 4.78 is 27.7. The molecule has 1 aromatic heterocycles. The van der Waals surface area contributed by atoms with E-state index in [0.717, 1.165) is 4.68 Å². The molecule has 0 spiro atoms. The highest BCUT2D eigenvalue weighted by molar-refractivity contribution is 9.08. The summed E-state index contributed by atoms with van der Waals surface area (Å²) in [6, 6.07) is 3.65. The average Bonchev–Trinajstić information content (AvgIpc) is 2.66. The van der Waals surface area contributed by atoms with Crippen molar-refractivity contribution in [3.05, 3.63) is 41.7 Å². The van der Waals surface area contributed by atoms with Crippen molar-refractivity contribution in [1.82, 2.24) is 15.0 Å². The molecule has 2 rings (SSSR count). The number of para-hydroxylation sites is 1. The molecule has 0 saturated heterocycles. The number of rotatable bonds is 2. The van der Waals surface area contributed by atoms with Gasteiger partial charge in [-0.25, -0.2) is 13.5 Å². The number of hydrogen-bond acceptors (Lipinski definition) is 2. The second-order valence-corrected chi connectivity index (χ2v) is 3.42. The van der Waals surface area contributed by atoms with Crippen LogP contribution in [0.5, 0.6) is 0 Å². The molecule has 0 fully saturated rings. The summed E-state index contributed by atoms with van der Waals surface area (Å²) >= 11 is 3.18. The number of nitrogens with zero attached hydrogens (tertiary/aromatic N) is 3. The molecule has 0 N–H and O–H groups in total. The van der Waals surface area contributed by atoms with E-state index in [1.807, 2.05) is 0 Å². The van der Waals surface area contributed by atoms with Crippen molar-refractivity contribution in [2.75, 3.05) is 0 Å². The molecular formula is C9H6BrF2N3. The minimum atomic E-state index is -0.666. The van der Waals surface area contributed by atoms with Crippen LogP contribution in [-0.2, 0) is 5.33 Å². The van der Waals surface area contributed by atoms with Gasteiger partial charge >= 0.3 is 0 Å². The van der Waals surface area contributed by atoms with E-state index in [9.17, 15) is 8.78 Å². The zero-order valence-electron chi connectivity index (χ0n) is 7.49. The lowest BCUT2D eigenvalue weighted by molar-refractivity contribution is 0.556. The second kappa shape index (κ2) is 4.06. The van der Waals surface area contributed by atoms with Crippen molar-refractivity contribution < 1.29 is 8.78 Å². The molecule has 78 valence electrons. The molecule has 0 aliphatic carbocycles. The predicted octanol–water partition coefficient (Wildman–Crippen LogP) is 2.44. The van der Waals surface area contributed by atoms with Gasteiger partial charge in [-0.3, -0.25) is 0 Å². The van der Waals surface area contributed by atoms with Crippen LogP contribution in [0, 0.1) is 11.6 Å². The van der Waals surface area contributed by atoms with Crippen LogP contribution in [0.3, 0.4) is 0 Å². The lowest BCUT2D eigenvalue weighted by Gasteiger charge is -2.02. The van der Waals surface area contributed by atoms with E-state index in [1.165, 1.54) is 24.4 Å². The molecule has 0 unspecified atom stereocenters. The lowest BCUT2D eigenvalue weighted by atomic mass is 10.3. The van der Waals surface area contributed by atoms with E-state index in [4.69, 9.17) is 0 Å². The van der Waals surface area contributed by atoms with Crippen molar-refractivity contribution in [3.63, 3.8) is 0 Å². The molecule has 0 atom stereocenters. The molecule has 1 aromatic carbocycles. The highest BCUT2D eigenvalue weighted by Gasteiger charge is 2.12. The van der Waals surface area contributed by atoms with Gasteiger partial charge in [0.05, 0.1) is 11.9 Å². The van der Waals surface area contributed by atoms with Crippen molar-refractivity contribution in [2.24, 2.45) is 0 Å². The molecule has 0 aliphatic rings. The van der Waals surface area contributed by atoms with E-state index in [2.05, 4.69) is 26.2 Å². The van der Waals surface area contributed by atoms with Gasteiger partial charge in [0, 0.05) is 5.33 Å². The Balaban J connectivity index is 2.53. The van der Waals surface area contributed by atoms with Gasteiger partial charge in [0.2, 0.25) is 0 Å². The zero-order valence-corrected chi connectivity index (χ0v) is 9.08. The van der Waals surface area contributed by atoms with Crippen LogP contribution in [0.1, 0.15) is 5.69 Å². The number of halogens is 3. The smallest absolute Gasteiger partial charge is 0.151 e. The van der Waals surface area contributed by atoms with E-state index in [1.54, 1.807) is 0 Å². The van der Waals surface area contributed by atoms with Crippen LogP contribution < -0.4 is 0 Å². The zero-order chi connectivity index (χ0) is 10.8. The highest BCUT2D eigenvalue weighted by atomic mass is 79.9. The molecule has 0 saturated carbocycles. The standard InChI is InChI=1S/C9H6BrF2N3/c10-4-6-5-15(14-13-6)9-7(11)2-1-3-8(9)12/h1-3,5H,4H2. The van der Waals surface area contributed by atoms with E-state index in [0.29, 0.717) is 11.0 Å². The van der Waals surface area contributed by atoms with E-state index < -0.39 is 11.6 Å². The van der Waals surface area contributed by atoms with Crippen molar-refractivity contribution in [1.29, 1.82) is 0 Å². The average molecular weight is 274 g/mol. The van der Waals surface area contributed by atoms with Crippen LogP contribution in [0.2, 0.25) is 0 Å². The van der Waals surface area contributed by atoms with Gasteiger partial charge in [-0.05, 0) is 12.1 Å². The maximum atomic E-state index is 13.3. The Kier molecular flexibility index (Phi) is 2.77. The maximum absolute atomic E-state index is 13.3. The molecule has 6 heteroatoms. The molecule has 15 heavy (non-hydrogen) atoms. The first-order chi connectivity index (χ1) is 7.22. The van der Waals surface area contributed by atoms with Gasteiger partial charge in [-0.2, -0.15) is 0 Å². The molecule has 2 aromatic rings. The summed E-state index contributed by atoms with van der Waals surface area (Å²) in [6.07, 6.45) is 1.47. The summed E-state index contributed by atoms with van der Waals surface area (Å²) in [7, 11) is 0. The number of hydrogen-bond donors (Lipinski definition) is 0. The third-order valence-corrected chi connectivity index (χ3v) is 2.42. The molecular weight excluding hydrogens is 268 g/mol. The van der Waals surface area contributed by atoms with E-state index in [-0.39, 0.29) is 5.69 Å². The largest absolute Gasteiger partial charge is 0.214 e. The van der Waals surface area contributed by atoms with Crippen LogP contribution in [0.4, 0.5) is 8.78 Å². The van der Waals surface area contributed by atoms with Crippen molar-refractivity contribution >= 4 is 15.9 Å². The van der Waals surface area contributed by atoms with Crippen LogP contribution in [0.15, 0.2) is 24.4 Å². The molecule has 0 bridgehead atoms. The number of benzene rings is 1. The Bertz CT molecular complexity index is 464. The van der Waals surface area contributed by atoms with Gasteiger partial charge in [-0.15, -0.1) is 5.10 Å². The Morgan fingerprint density at radius 1 is 1.27 bits per heavy atom. The predicted molar refractivity (Wildman–Crippen MR) is 53.9 cm³/mol. The quantitative estimate of drug-likeness (QED) is 0.787. The summed E-state index contributed by atoms with van der Waals surface area (Å²) in [4.78, 5) is 0. The first-order valence-corrected chi connectivity index (χ1v) is 5.26. The summed E-state index contributed by atoms with van der Waals surface area (Å²) in [5.41, 5.74) is 0.398. The van der Waals surface area contributed by atoms with Crippen LogP contribution in [-0.4, -0.2) is 15.0 Å². The van der Waals surface area contributed by atoms with Crippen molar-refractivity contribution in [2.45, 2.75) is 5.33 Å². The first-order valence-electron chi connectivity index (χ1n) is 4.14. The highest BCUT2D eigenvalue weighted by Crippen LogP contribution is 2.16. The monoisotopic (exact) mass is 273 g/mol. The molecule has 3 nitrogen and oxygen atoms in total. The SMILES string of the molecule is Fc1cccc(F)c1-n1cc(CBr)nn1.